The molecule has 0 aromatic carbocycles. The van der Waals surface area contributed by atoms with Gasteiger partial charge >= 0.3 is 29.6 Å². The third-order valence-corrected chi connectivity index (χ3v) is 8.43. The van der Waals surface area contributed by atoms with Crippen LogP contribution in [0.4, 0.5) is 0 Å². The molecule has 1 unspecified atom stereocenters. The van der Waals surface area contributed by atoms with E-state index in [1.165, 1.54) is 6.26 Å². The summed E-state index contributed by atoms with van der Waals surface area (Å²) in [5.74, 6) is 0.372. The van der Waals surface area contributed by atoms with Gasteiger partial charge in [-0.15, -0.1) is 5.10 Å². The van der Waals surface area contributed by atoms with Gasteiger partial charge in [-0.3, -0.25) is 4.68 Å². The second-order valence-electron chi connectivity index (χ2n) is 6.13. The number of hydrogen-bond acceptors (Lipinski definition) is 4. The van der Waals surface area contributed by atoms with Gasteiger partial charge in [0.25, 0.3) is 0 Å². The number of rotatable bonds is 5. The molecule has 0 aliphatic rings. The molecule has 1 heterocycles. The molecule has 0 amide bonds. The summed E-state index contributed by atoms with van der Waals surface area (Å²) in [6.07, 6.45) is 1.47. The molecule has 0 bridgehead atoms. The van der Waals surface area contributed by atoms with Gasteiger partial charge in [0.1, 0.15) is 0 Å². The van der Waals surface area contributed by atoms with Crippen molar-refractivity contribution in [2.45, 2.75) is 45.5 Å². The molecule has 0 radical (unpaired) electrons. The molecule has 0 fully saturated rings. The van der Waals surface area contributed by atoms with Gasteiger partial charge in [0, 0.05) is 19.4 Å². The zero-order chi connectivity index (χ0) is 14.8. The van der Waals surface area contributed by atoms with Gasteiger partial charge in [-0.05, 0) is 18.1 Å². The van der Waals surface area contributed by atoms with Crippen LogP contribution in [0.2, 0.25) is 18.1 Å². The second-order valence-corrected chi connectivity index (χ2v) is 11.9. The summed E-state index contributed by atoms with van der Waals surface area (Å²) in [6, 6.07) is 1.77. The molecule has 0 saturated heterocycles. The Kier molecular flexibility index (Phi) is 7.68. The minimum absolute atomic E-state index is 0. The van der Waals surface area contributed by atoms with E-state index in [9.17, 15) is 4.21 Å². The number of aryl methyl sites for hydroxylation is 1. The number of nitrogens with zero attached hydrogens (tertiary/aromatic N) is 2. The van der Waals surface area contributed by atoms with Crippen LogP contribution in [0.3, 0.4) is 0 Å². The molecule has 1 rings (SSSR count). The number of aromatic nitrogens is 2. The molecule has 0 N–H and O–H groups in total. The first-order chi connectivity index (χ1) is 8.53. The van der Waals surface area contributed by atoms with Gasteiger partial charge < -0.3 is 10.0 Å². The summed E-state index contributed by atoms with van der Waals surface area (Å²) in [4.78, 5) is 0. The fraction of sp³-hybridized carbons (Fsp3) is 0.750. The van der Waals surface area contributed by atoms with E-state index in [2.05, 4.69) is 39.0 Å². The SMILES string of the molecule is Cn1nc(OS(C)=O)cc1CO[Si](C)(C)C(C)(C)C.[H-].[Na+]. The van der Waals surface area contributed by atoms with Crippen molar-refractivity contribution in [2.24, 2.45) is 7.05 Å². The van der Waals surface area contributed by atoms with Crippen LogP contribution < -0.4 is 33.7 Å². The minimum atomic E-state index is -1.78. The predicted octanol–water partition coefficient (Wildman–Crippen LogP) is -0.269. The van der Waals surface area contributed by atoms with Crippen molar-refractivity contribution in [1.82, 2.24) is 9.78 Å². The Morgan fingerprint density at radius 1 is 1.45 bits per heavy atom. The van der Waals surface area contributed by atoms with Crippen LogP contribution >= 0.6 is 0 Å². The van der Waals surface area contributed by atoms with Crippen molar-refractivity contribution in [3.63, 3.8) is 0 Å². The third kappa shape index (κ3) is 5.61. The molecule has 0 spiro atoms. The maximum Gasteiger partial charge on any atom is 1.00 e. The Balaban J connectivity index is 0. The maximum atomic E-state index is 11.0. The fourth-order valence-electron chi connectivity index (χ4n) is 1.24. The van der Waals surface area contributed by atoms with E-state index < -0.39 is 19.4 Å². The molecule has 1 atom stereocenters. The van der Waals surface area contributed by atoms with E-state index in [1.807, 2.05) is 7.05 Å². The topological polar surface area (TPSA) is 53.4 Å². The summed E-state index contributed by atoms with van der Waals surface area (Å²) in [5, 5.41) is 4.33. The first-order valence-electron chi connectivity index (χ1n) is 6.21. The minimum Gasteiger partial charge on any atom is -1.00 e. The van der Waals surface area contributed by atoms with E-state index in [0.29, 0.717) is 12.5 Å². The summed E-state index contributed by atoms with van der Waals surface area (Å²) in [7, 11) is 0.0539. The van der Waals surface area contributed by atoms with E-state index in [4.69, 9.17) is 8.61 Å². The summed E-state index contributed by atoms with van der Waals surface area (Å²) >= 11 is -1.35. The molecule has 0 saturated carbocycles. The smallest absolute Gasteiger partial charge is 1.00 e. The van der Waals surface area contributed by atoms with E-state index in [1.54, 1.807) is 10.7 Å². The van der Waals surface area contributed by atoms with E-state index in [-0.39, 0.29) is 36.0 Å². The molecule has 0 aliphatic carbocycles. The first kappa shape index (κ1) is 20.3. The Labute approximate surface area is 149 Å². The van der Waals surface area contributed by atoms with Crippen molar-refractivity contribution in [3.8, 4) is 5.88 Å². The van der Waals surface area contributed by atoms with Crippen LogP contribution in [0, 0.1) is 0 Å². The summed E-state index contributed by atoms with van der Waals surface area (Å²) in [5.41, 5.74) is 0.922. The van der Waals surface area contributed by atoms with Crippen molar-refractivity contribution in [1.29, 1.82) is 0 Å². The largest absolute Gasteiger partial charge is 1.00 e. The zero-order valence-electron chi connectivity index (χ0n) is 14.8. The molecule has 112 valence electrons. The Morgan fingerprint density at radius 2 is 2.00 bits per heavy atom. The molecular weight excluding hydrogens is 303 g/mol. The van der Waals surface area contributed by atoms with Gasteiger partial charge in [-0.1, -0.05) is 20.8 Å². The first-order valence-corrected chi connectivity index (χ1v) is 10.6. The zero-order valence-corrected chi connectivity index (χ0v) is 17.6. The van der Waals surface area contributed by atoms with Gasteiger partial charge in [0.05, 0.1) is 12.3 Å². The maximum absolute atomic E-state index is 11.0. The number of hydrogen-bond donors (Lipinski definition) is 0. The Morgan fingerprint density at radius 3 is 2.45 bits per heavy atom. The summed E-state index contributed by atoms with van der Waals surface area (Å²) < 4.78 is 23.9. The third-order valence-electron chi connectivity index (χ3n) is 3.54. The average Bonchev–Trinajstić information content (AvgIpc) is 2.53. The Bertz CT molecular complexity index is 478. The van der Waals surface area contributed by atoms with Crippen molar-refractivity contribution in [3.05, 3.63) is 11.8 Å². The predicted molar refractivity (Wildman–Crippen MR) is 81.0 cm³/mol. The standard InChI is InChI=1S/C12H24N2O3SSi.Na.H/c1-12(2,3)19(6,7)16-9-10-8-11(13-14(10)4)17-18(5)15;;/h8H,9H2,1-7H3;;/q;+1;-1. The van der Waals surface area contributed by atoms with Gasteiger partial charge in [0.15, 0.2) is 8.32 Å². The van der Waals surface area contributed by atoms with Crippen LogP contribution in [0.25, 0.3) is 0 Å². The Hall–Kier alpha value is 0.337. The molecule has 20 heavy (non-hydrogen) atoms. The van der Waals surface area contributed by atoms with Crippen LogP contribution in [0.15, 0.2) is 6.07 Å². The van der Waals surface area contributed by atoms with E-state index in [0.717, 1.165) is 5.69 Å². The normalized spacial score (nSPS) is 13.8. The summed E-state index contributed by atoms with van der Waals surface area (Å²) in [6.45, 7) is 11.5. The van der Waals surface area contributed by atoms with Gasteiger partial charge in [0.2, 0.25) is 17.0 Å². The van der Waals surface area contributed by atoms with Crippen molar-refractivity contribution >= 4 is 19.4 Å². The molecular formula is C12H25N2NaO3SSi. The monoisotopic (exact) mass is 328 g/mol. The average molecular weight is 328 g/mol. The molecule has 0 aliphatic heterocycles. The molecule has 5 nitrogen and oxygen atoms in total. The quantitative estimate of drug-likeness (QED) is 0.699. The molecule has 1 aromatic heterocycles. The fourth-order valence-corrected chi connectivity index (χ4v) is 2.51. The van der Waals surface area contributed by atoms with Crippen molar-refractivity contribution < 1.29 is 43.8 Å². The van der Waals surface area contributed by atoms with Crippen molar-refractivity contribution in [2.75, 3.05) is 6.26 Å². The van der Waals surface area contributed by atoms with Gasteiger partial charge in [-0.25, -0.2) is 4.21 Å². The van der Waals surface area contributed by atoms with Crippen LogP contribution in [0.5, 0.6) is 5.88 Å². The van der Waals surface area contributed by atoms with Crippen LogP contribution in [0.1, 0.15) is 27.9 Å². The van der Waals surface area contributed by atoms with Crippen LogP contribution in [-0.2, 0) is 29.2 Å². The molecule has 8 heteroatoms. The van der Waals surface area contributed by atoms with E-state index >= 15 is 0 Å². The second kappa shape index (κ2) is 7.55. The molecule has 1 aromatic rings. The van der Waals surface area contributed by atoms with Crippen LogP contribution in [-0.4, -0.2) is 28.6 Å². The van der Waals surface area contributed by atoms with Gasteiger partial charge in [-0.2, -0.15) is 0 Å².